The van der Waals surface area contributed by atoms with Crippen LogP contribution in [-0.4, -0.2) is 33.8 Å². The van der Waals surface area contributed by atoms with Gasteiger partial charge in [0, 0.05) is 6.54 Å². The van der Waals surface area contributed by atoms with Crippen LogP contribution in [0.3, 0.4) is 0 Å². The molecule has 2 N–H and O–H groups in total. The van der Waals surface area contributed by atoms with Crippen molar-refractivity contribution in [3.05, 3.63) is 36.9 Å². The molecule has 2 aromatic rings. The lowest BCUT2D eigenvalue weighted by atomic mass is 9.83. The van der Waals surface area contributed by atoms with Crippen LogP contribution in [0.2, 0.25) is 0 Å². The van der Waals surface area contributed by atoms with Crippen molar-refractivity contribution >= 4 is 11.6 Å². The van der Waals surface area contributed by atoms with Crippen molar-refractivity contribution in [3.8, 4) is 5.69 Å². The van der Waals surface area contributed by atoms with E-state index in [2.05, 4.69) is 27.6 Å². The summed E-state index contributed by atoms with van der Waals surface area (Å²) in [5, 5.41) is 10.5. The molecule has 1 aromatic heterocycles. The molecule has 1 saturated heterocycles. The third kappa shape index (κ3) is 2.54. The summed E-state index contributed by atoms with van der Waals surface area (Å²) in [6.07, 6.45) is 4.81. The molecule has 0 saturated carbocycles. The molecule has 1 unspecified atom stereocenters. The summed E-state index contributed by atoms with van der Waals surface area (Å²) < 4.78 is 1.65. The van der Waals surface area contributed by atoms with Crippen molar-refractivity contribution in [1.82, 2.24) is 20.1 Å². The van der Waals surface area contributed by atoms with Crippen LogP contribution in [0.25, 0.3) is 5.69 Å². The van der Waals surface area contributed by atoms with Crippen LogP contribution in [-0.2, 0) is 4.79 Å². The molecular formula is C15H19N5O. The van der Waals surface area contributed by atoms with Crippen LogP contribution in [0.15, 0.2) is 36.9 Å². The molecule has 110 valence electrons. The van der Waals surface area contributed by atoms with Crippen molar-refractivity contribution in [1.29, 1.82) is 0 Å². The number of hydrogen-bond donors (Lipinski definition) is 2. The third-order valence-electron chi connectivity index (χ3n) is 4.22. The Morgan fingerprint density at radius 3 is 3.00 bits per heavy atom. The van der Waals surface area contributed by atoms with E-state index in [1.54, 1.807) is 11.0 Å². The van der Waals surface area contributed by atoms with Crippen molar-refractivity contribution in [2.45, 2.75) is 19.8 Å². The standard InChI is InChI=1S/C15H19N5O/c1-2-15(7-8-16-9-15)14(21)19-12-5-3-4-6-13(12)20-11-17-10-18-20/h3-6,10-11,16H,2,7-9H2,1H3,(H,19,21). The molecule has 0 aliphatic carbocycles. The highest BCUT2D eigenvalue weighted by atomic mass is 16.2. The van der Waals surface area contributed by atoms with Crippen LogP contribution in [0.5, 0.6) is 0 Å². The monoisotopic (exact) mass is 285 g/mol. The summed E-state index contributed by atoms with van der Waals surface area (Å²) >= 11 is 0. The molecule has 0 radical (unpaired) electrons. The molecule has 6 nitrogen and oxygen atoms in total. The second-order valence-electron chi connectivity index (χ2n) is 5.37. The number of anilines is 1. The molecule has 1 aliphatic rings. The molecular weight excluding hydrogens is 266 g/mol. The average Bonchev–Trinajstić information content (AvgIpc) is 3.20. The van der Waals surface area contributed by atoms with Crippen LogP contribution in [0, 0.1) is 5.41 Å². The molecule has 1 amide bonds. The normalized spacial score (nSPS) is 21.4. The highest BCUT2D eigenvalue weighted by Crippen LogP contribution is 2.31. The van der Waals surface area contributed by atoms with E-state index >= 15 is 0 Å². The van der Waals surface area contributed by atoms with Crippen LogP contribution in [0.1, 0.15) is 19.8 Å². The molecule has 2 heterocycles. The summed E-state index contributed by atoms with van der Waals surface area (Å²) in [5.74, 6) is 0.0718. The number of nitrogens with one attached hydrogen (secondary N) is 2. The average molecular weight is 285 g/mol. The van der Waals surface area contributed by atoms with Gasteiger partial charge in [-0.05, 0) is 31.5 Å². The SMILES string of the molecule is CCC1(C(=O)Nc2ccccc2-n2cncn2)CCNC1. The second kappa shape index (κ2) is 5.65. The lowest BCUT2D eigenvalue weighted by Crippen LogP contribution is -2.37. The van der Waals surface area contributed by atoms with Gasteiger partial charge >= 0.3 is 0 Å². The molecule has 21 heavy (non-hydrogen) atoms. The first kappa shape index (κ1) is 13.8. The summed E-state index contributed by atoms with van der Waals surface area (Å²) in [6, 6.07) is 7.62. The Hall–Kier alpha value is -2.21. The molecule has 1 atom stereocenters. The first-order chi connectivity index (χ1) is 10.2. The highest BCUT2D eigenvalue weighted by molar-refractivity contribution is 5.97. The maximum atomic E-state index is 12.7. The molecule has 6 heteroatoms. The molecule has 1 fully saturated rings. The Morgan fingerprint density at radius 1 is 1.48 bits per heavy atom. The highest BCUT2D eigenvalue weighted by Gasteiger charge is 2.39. The van der Waals surface area contributed by atoms with Gasteiger partial charge in [-0.15, -0.1) is 0 Å². The fourth-order valence-electron chi connectivity index (χ4n) is 2.77. The maximum absolute atomic E-state index is 12.7. The smallest absolute Gasteiger partial charge is 0.231 e. The number of amides is 1. The van der Waals surface area contributed by atoms with E-state index < -0.39 is 0 Å². The van der Waals surface area contributed by atoms with Gasteiger partial charge in [0.25, 0.3) is 0 Å². The van der Waals surface area contributed by atoms with Gasteiger partial charge in [-0.1, -0.05) is 19.1 Å². The van der Waals surface area contributed by atoms with Crippen LogP contribution < -0.4 is 10.6 Å². The lowest BCUT2D eigenvalue weighted by Gasteiger charge is -2.25. The van der Waals surface area contributed by atoms with Gasteiger partial charge in [-0.3, -0.25) is 4.79 Å². The third-order valence-corrected chi connectivity index (χ3v) is 4.22. The molecule has 1 aromatic carbocycles. The summed E-state index contributed by atoms with van der Waals surface area (Å²) in [4.78, 5) is 16.6. The van der Waals surface area contributed by atoms with E-state index in [0.717, 1.165) is 37.3 Å². The van der Waals surface area contributed by atoms with Gasteiger partial charge in [-0.2, -0.15) is 5.10 Å². The Balaban J connectivity index is 1.87. The number of para-hydroxylation sites is 2. The second-order valence-corrected chi connectivity index (χ2v) is 5.37. The molecule has 3 rings (SSSR count). The fourth-order valence-corrected chi connectivity index (χ4v) is 2.77. The van der Waals surface area contributed by atoms with Gasteiger partial charge in [0.15, 0.2) is 0 Å². The maximum Gasteiger partial charge on any atom is 0.231 e. The van der Waals surface area contributed by atoms with E-state index in [1.807, 2.05) is 24.3 Å². The zero-order valence-electron chi connectivity index (χ0n) is 12.0. The van der Waals surface area contributed by atoms with Crippen LogP contribution in [0.4, 0.5) is 5.69 Å². The quantitative estimate of drug-likeness (QED) is 0.895. The zero-order chi connectivity index (χ0) is 14.7. The minimum absolute atomic E-state index is 0.0718. The van der Waals surface area contributed by atoms with Gasteiger partial charge < -0.3 is 10.6 Å². The number of aromatic nitrogens is 3. The molecule has 1 aliphatic heterocycles. The summed E-state index contributed by atoms with van der Waals surface area (Å²) in [5.41, 5.74) is 1.27. The van der Waals surface area contributed by atoms with E-state index in [-0.39, 0.29) is 11.3 Å². The van der Waals surface area contributed by atoms with Crippen LogP contribution >= 0.6 is 0 Å². The van der Waals surface area contributed by atoms with Crippen molar-refractivity contribution in [2.24, 2.45) is 5.41 Å². The topological polar surface area (TPSA) is 71.8 Å². The Morgan fingerprint density at radius 2 is 2.33 bits per heavy atom. The minimum Gasteiger partial charge on any atom is -0.324 e. The number of hydrogen-bond acceptors (Lipinski definition) is 4. The first-order valence-corrected chi connectivity index (χ1v) is 7.21. The Kier molecular flexibility index (Phi) is 3.70. The predicted octanol–water partition coefficient (Wildman–Crippen LogP) is 1.60. The number of rotatable bonds is 4. The van der Waals surface area contributed by atoms with Crippen molar-refractivity contribution in [3.63, 3.8) is 0 Å². The van der Waals surface area contributed by atoms with Gasteiger partial charge in [0.1, 0.15) is 12.7 Å². The fraction of sp³-hybridized carbons (Fsp3) is 0.400. The minimum atomic E-state index is -0.310. The van der Waals surface area contributed by atoms with E-state index in [0.29, 0.717) is 0 Å². The Labute approximate surface area is 123 Å². The summed E-state index contributed by atoms with van der Waals surface area (Å²) in [6.45, 7) is 3.70. The van der Waals surface area contributed by atoms with Gasteiger partial charge in [0.05, 0.1) is 16.8 Å². The first-order valence-electron chi connectivity index (χ1n) is 7.21. The number of nitrogens with zero attached hydrogens (tertiary/aromatic N) is 3. The van der Waals surface area contributed by atoms with E-state index in [1.165, 1.54) is 6.33 Å². The lowest BCUT2D eigenvalue weighted by molar-refractivity contribution is -0.124. The van der Waals surface area contributed by atoms with E-state index in [4.69, 9.17) is 0 Å². The van der Waals surface area contributed by atoms with E-state index in [9.17, 15) is 4.79 Å². The molecule has 0 bridgehead atoms. The number of benzene rings is 1. The van der Waals surface area contributed by atoms with Gasteiger partial charge in [0.2, 0.25) is 5.91 Å². The summed E-state index contributed by atoms with van der Waals surface area (Å²) in [7, 11) is 0. The number of carbonyl (C=O) groups is 1. The molecule has 0 spiro atoms. The number of carbonyl (C=O) groups excluding carboxylic acids is 1. The zero-order valence-corrected chi connectivity index (χ0v) is 12.0. The van der Waals surface area contributed by atoms with Gasteiger partial charge in [-0.25, -0.2) is 9.67 Å². The van der Waals surface area contributed by atoms with Crippen molar-refractivity contribution in [2.75, 3.05) is 18.4 Å². The van der Waals surface area contributed by atoms with Crippen molar-refractivity contribution < 1.29 is 4.79 Å². The predicted molar refractivity (Wildman–Crippen MR) is 80.2 cm³/mol. The largest absolute Gasteiger partial charge is 0.324 e. The Bertz CT molecular complexity index is 617.